The van der Waals surface area contributed by atoms with E-state index in [0.717, 1.165) is 49.0 Å². The number of nitrogens with zero attached hydrogens (tertiary/aromatic N) is 2. The Hall–Kier alpha value is -1.73. The lowest BCUT2D eigenvalue weighted by Crippen LogP contribution is -2.33. The predicted octanol–water partition coefficient (Wildman–Crippen LogP) is 1.84. The van der Waals surface area contributed by atoms with Crippen molar-refractivity contribution in [1.29, 1.82) is 0 Å². The maximum absolute atomic E-state index is 12.8. The smallest absolute Gasteiger partial charge is 0.262 e. The maximum Gasteiger partial charge on any atom is 0.262 e. The first-order chi connectivity index (χ1) is 12.2. The van der Waals surface area contributed by atoms with Crippen molar-refractivity contribution in [3.05, 3.63) is 27.1 Å². The molecule has 2 heterocycles. The average Bonchev–Trinajstić information content (AvgIpc) is 3.00. The first kappa shape index (κ1) is 18.1. The molecular weight excluding hydrogens is 336 g/mol. The molecule has 0 aliphatic heterocycles. The van der Waals surface area contributed by atoms with E-state index in [2.05, 4.69) is 22.5 Å². The Morgan fingerprint density at radius 2 is 2.12 bits per heavy atom. The number of aromatic nitrogens is 2. The fraction of sp³-hybridized carbons (Fsp3) is 0.611. The van der Waals surface area contributed by atoms with E-state index in [0.29, 0.717) is 19.5 Å². The number of rotatable bonds is 8. The summed E-state index contributed by atoms with van der Waals surface area (Å²) in [6, 6.07) is 0. The number of carbonyl (C=O) groups is 1. The number of nitrogens with one attached hydrogen (secondary N) is 2. The monoisotopic (exact) mass is 362 g/mol. The Kier molecular flexibility index (Phi) is 6.20. The summed E-state index contributed by atoms with van der Waals surface area (Å²) in [6.45, 7) is 4.83. The normalized spacial score (nSPS) is 13.8. The third kappa shape index (κ3) is 4.27. The van der Waals surface area contributed by atoms with Crippen LogP contribution in [0, 0.1) is 0 Å². The van der Waals surface area contributed by atoms with Crippen molar-refractivity contribution in [3.8, 4) is 0 Å². The Morgan fingerprint density at radius 1 is 1.28 bits per heavy atom. The van der Waals surface area contributed by atoms with Gasteiger partial charge in [0, 0.05) is 30.9 Å². The van der Waals surface area contributed by atoms with E-state index in [1.54, 1.807) is 22.2 Å². The van der Waals surface area contributed by atoms with Gasteiger partial charge in [0.05, 0.1) is 11.7 Å². The summed E-state index contributed by atoms with van der Waals surface area (Å²) < 4.78 is 1.58. The summed E-state index contributed by atoms with van der Waals surface area (Å²) in [7, 11) is 0. The molecule has 7 heteroatoms. The molecule has 2 N–H and O–H groups in total. The van der Waals surface area contributed by atoms with Crippen LogP contribution in [-0.4, -0.2) is 35.1 Å². The van der Waals surface area contributed by atoms with Gasteiger partial charge in [-0.1, -0.05) is 6.92 Å². The van der Waals surface area contributed by atoms with E-state index in [9.17, 15) is 9.59 Å². The van der Waals surface area contributed by atoms with Gasteiger partial charge in [-0.2, -0.15) is 0 Å². The molecular formula is C18H26N4O2S. The third-order valence-corrected chi connectivity index (χ3v) is 5.77. The largest absolute Gasteiger partial charge is 0.355 e. The van der Waals surface area contributed by atoms with E-state index in [1.165, 1.54) is 16.9 Å². The molecule has 0 radical (unpaired) electrons. The molecule has 0 aromatic carbocycles. The molecule has 0 saturated heterocycles. The van der Waals surface area contributed by atoms with Crippen molar-refractivity contribution in [2.75, 3.05) is 19.6 Å². The number of fused-ring (bicyclic) bond motifs is 3. The summed E-state index contributed by atoms with van der Waals surface area (Å²) in [5.74, 6) is -0.0300. The topological polar surface area (TPSA) is 76.0 Å². The SMILES string of the molecule is CCCNCCNC(=O)CCn1cnc2sc3c(c2c1=O)CCCC3. The van der Waals surface area contributed by atoms with Gasteiger partial charge < -0.3 is 10.6 Å². The Morgan fingerprint density at radius 3 is 2.96 bits per heavy atom. The van der Waals surface area contributed by atoms with Gasteiger partial charge in [-0.05, 0) is 44.2 Å². The van der Waals surface area contributed by atoms with Gasteiger partial charge in [0.2, 0.25) is 5.91 Å². The molecule has 2 aromatic rings. The van der Waals surface area contributed by atoms with E-state index in [4.69, 9.17) is 0 Å². The lowest BCUT2D eigenvalue weighted by atomic mass is 9.97. The van der Waals surface area contributed by atoms with Crippen LogP contribution < -0.4 is 16.2 Å². The highest BCUT2D eigenvalue weighted by molar-refractivity contribution is 7.18. The number of hydrogen-bond acceptors (Lipinski definition) is 5. The fourth-order valence-corrected chi connectivity index (χ4v) is 4.46. The molecule has 0 bridgehead atoms. The Bertz CT molecular complexity index is 796. The highest BCUT2D eigenvalue weighted by atomic mass is 32.1. The quantitative estimate of drug-likeness (QED) is 0.703. The maximum atomic E-state index is 12.8. The molecule has 0 unspecified atom stereocenters. The van der Waals surface area contributed by atoms with Crippen LogP contribution in [0.5, 0.6) is 0 Å². The second-order valence-electron chi connectivity index (χ2n) is 6.48. The Labute approximate surface area is 151 Å². The number of amides is 1. The molecule has 1 aliphatic rings. The highest BCUT2D eigenvalue weighted by Crippen LogP contribution is 2.33. The fourth-order valence-electron chi connectivity index (χ4n) is 3.24. The molecule has 3 rings (SSSR count). The molecule has 0 atom stereocenters. The minimum absolute atomic E-state index is 0.00168. The zero-order valence-corrected chi connectivity index (χ0v) is 15.6. The van der Waals surface area contributed by atoms with E-state index < -0.39 is 0 Å². The molecule has 0 saturated carbocycles. The van der Waals surface area contributed by atoms with E-state index in [-0.39, 0.29) is 11.5 Å². The van der Waals surface area contributed by atoms with Crippen molar-refractivity contribution < 1.29 is 4.79 Å². The van der Waals surface area contributed by atoms with Gasteiger partial charge in [0.15, 0.2) is 0 Å². The minimum atomic E-state index is -0.0300. The second kappa shape index (κ2) is 8.58. The minimum Gasteiger partial charge on any atom is -0.355 e. The van der Waals surface area contributed by atoms with Crippen LogP contribution in [0.4, 0.5) is 0 Å². The number of aryl methyl sites for hydroxylation is 3. The molecule has 6 nitrogen and oxygen atoms in total. The first-order valence-electron chi connectivity index (χ1n) is 9.17. The number of hydrogen-bond donors (Lipinski definition) is 2. The van der Waals surface area contributed by atoms with Gasteiger partial charge in [-0.3, -0.25) is 14.2 Å². The van der Waals surface area contributed by atoms with Gasteiger partial charge in [-0.15, -0.1) is 11.3 Å². The van der Waals surface area contributed by atoms with E-state index >= 15 is 0 Å². The van der Waals surface area contributed by atoms with Gasteiger partial charge in [-0.25, -0.2) is 4.98 Å². The van der Waals surface area contributed by atoms with Gasteiger partial charge in [0.1, 0.15) is 4.83 Å². The molecule has 2 aromatic heterocycles. The summed E-state index contributed by atoms with van der Waals surface area (Å²) in [4.78, 5) is 31.4. The Balaban J connectivity index is 1.61. The summed E-state index contributed by atoms with van der Waals surface area (Å²) >= 11 is 1.65. The number of carbonyl (C=O) groups excluding carboxylic acids is 1. The van der Waals surface area contributed by atoms with Crippen LogP contribution in [-0.2, 0) is 24.2 Å². The molecule has 136 valence electrons. The van der Waals surface area contributed by atoms with Crippen LogP contribution in [0.25, 0.3) is 10.2 Å². The molecule has 0 fully saturated rings. The summed E-state index contributed by atoms with van der Waals surface area (Å²) in [6.07, 6.45) is 7.34. The predicted molar refractivity (Wildman–Crippen MR) is 101 cm³/mol. The highest BCUT2D eigenvalue weighted by Gasteiger charge is 2.20. The van der Waals surface area contributed by atoms with Crippen LogP contribution in [0.3, 0.4) is 0 Å². The van der Waals surface area contributed by atoms with Crippen LogP contribution in [0.1, 0.15) is 43.0 Å². The van der Waals surface area contributed by atoms with Gasteiger partial charge >= 0.3 is 0 Å². The standard InChI is InChI=1S/C18H26N4O2S/c1-2-8-19-9-10-20-15(23)7-11-22-12-21-17-16(18(22)24)13-5-3-4-6-14(13)25-17/h12,19H,2-11H2,1H3,(H,20,23). The summed E-state index contributed by atoms with van der Waals surface area (Å²) in [5, 5.41) is 6.90. The third-order valence-electron chi connectivity index (χ3n) is 4.57. The van der Waals surface area contributed by atoms with Crippen molar-refractivity contribution in [3.63, 3.8) is 0 Å². The molecule has 1 aliphatic carbocycles. The lowest BCUT2D eigenvalue weighted by Gasteiger charge is -2.10. The average molecular weight is 362 g/mol. The lowest BCUT2D eigenvalue weighted by molar-refractivity contribution is -0.121. The number of thiophene rings is 1. The zero-order valence-electron chi connectivity index (χ0n) is 14.8. The van der Waals surface area contributed by atoms with Crippen LogP contribution >= 0.6 is 11.3 Å². The van der Waals surface area contributed by atoms with Crippen molar-refractivity contribution >= 4 is 27.5 Å². The first-order valence-corrected chi connectivity index (χ1v) is 9.99. The molecule has 25 heavy (non-hydrogen) atoms. The molecule has 1 amide bonds. The van der Waals surface area contributed by atoms with Crippen molar-refractivity contribution in [1.82, 2.24) is 20.2 Å². The second-order valence-corrected chi connectivity index (χ2v) is 7.57. The van der Waals surface area contributed by atoms with Crippen LogP contribution in [0.2, 0.25) is 0 Å². The van der Waals surface area contributed by atoms with Gasteiger partial charge in [0.25, 0.3) is 5.56 Å². The van der Waals surface area contributed by atoms with Crippen molar-refractivity contribution in [2.24, 2.45) is 0 Å². The summed E-state index contributed by atoms with van der Waals surface area (Å²) in [5.41, 5.74) is 1.20. The van der Waals surface area contributed by atoms with Crippen LogP contribution in [0.15, 0.2) is 11.1 Å². The van der Waals surface area contributed by atoms with E-state index in [1.807, 2.05) is 0 Å². The van der Waals surface area contributed by atoms with Crippen molar-refractivity contribution in [2.45, 2.75) is 52.0 Å². The zero-order chi connectivity index (χ0) is 17.6. The molecule has 0 spiro atoms.